The minimum atomic E-state index is -1.66. The van der Waals surface area contributed by atoms with E-state index in [4.69, 9.17) is 16.6 Å². The van der Waals surface area contributed by atoms with Gasteiger partial charge in [-0.1, -0.05) is 26.0 Å². The molecule has 262 valence electrons. The number of nitrogens with one attached hydrogen (secondary N) is 5. The number of phenolic OH excluding ortho intramolecular Hbond substituents is 1. The van der Waals surface area contributed by atoms with Crippen molar-refractivity contribution in [1.29, 1.82) is 0 Å². The first-order chi connectivity index (χ1) is 21.7. The maximum absolute atomic E-state index is 13.3. The van der Waals surface area contributed by atoms with Gasteiger partial charge in [-0.3, -0.25) is 33.6 Å². The van der Waals surface area contributed by atoms with Crippen molar-refractivity contribution in [3.05, 3.63) is 29.8 Å². The Morgan fingerprint density at radius 1 is 0.681 bits per heavy atom. The smallest absolute Gasteiger partial charge is 0.305 e. The topological polar surface area (TPSA) is 313 Å². The molecule has 0 unspecified atom stereocenters. The van der Waals surface area contributed by atoms with Crippen LogP contribution < -0.4 is 38.1 Å². The lowest BCUT2D eigenvalue weighted by molar-refractivity contribution is -0.140. The molecule has 6 amide bonds. The zero-order valence-electron chi connectivity index (χ0n) is 26.7. The van der Waals surface area contributed by atoms with Gasteiger partial charge in [-0.15, -0.1) is 0 Å². The third-order valence-corrected chi connectivity index (χ3v) is 6.89. The molecule has 47 heavy (non-hydrogen) atoms. The average molecular weight is 668 g/mol. The van der Waals surface area contributed by atoms with Crippen molar-refractivity contribution in [3.63, 3.8) is 0 Å². The standard InChI is InChI=1S/C29H45N7O11/c1-12(2)21(34-26(44)18(30)11-20(40)41)28(46)32-13(3)25(43)36-23(15(5)38)29(47)33-19(10-16-6-8-17(39)9-7-16)27(45)35-22(14(4)37)24(31)42/h6-9,12-15,18-19,21-23,37-39H,10-11,30H2,1-5H3,(H2,31,42)(H,32,46)(H,33,47)(H,34,44)(H,35,45)(H,36,43)(H,40,41)/t13-,14+,15+,18-,19-,21-,22-,23-/m0/s1. The number of aliphatic hydroxyl groups is 2. The first-order valence-electron chi connectivity index (χ1n) is 14.7. The summed E-state index contributed by atoms with van der Waals surface area (Å²) in [6.07, 6.45) is -3.76. The number of aliphatic carboxylic acids is 1. The molecule has 0 aromatic heterocycles. The number of primary amides is 1. The molecule has 0 aliphatic carbocycles. The Morgan fingerprint density at radius 2 is 1.17 bits per heavy atom. The fourth-order valence-electron chi connectivity index (χ4n) is 4.15. The van der Waals surface area contributed by atoms with E-state index in [-0.39, 0.29) is 12.2 Å². The fraction of sp³-hybridized carbons (Fsp3) is 0.552. The van der Waals surface area contributed by atoms with Crippen molar-refractivity contribution in [2.45, 2.75) is 95.9 Å². The first kappa shape index (κ1) is 40.2. The monoisotopic (exact) mass is 667 g/mol. The summed E-state index contributed by atoms with van der Waals surface area (Å²) in [6.45, 7) is 6.84. The van der Waals surface area contributed by atoms with Crippen LogP contribution >= 0.6 is 0 Å². The van der Waals surface area contributed by atoms with Crippen LogP contribution in [0.1, 0.15) is 46.6 Å². The highest BCUT2D eigenvalue weighted by Crippen LogP contribution is 2.12. The summed E-state index contributed by atoms with van der Waals surface area (Å²) in [7, 11) is 0. The lowest BCUT2D eigenvalue weighted by Crippen LogP contribution is -2.62. The number of hydrogen-bond donors (Lipinski definition) is 11. The number of aliphatic hydroxyl groups excluding tert-OH is 2. The number of carbonyl (C=O) groups is 7. The molecule has 8 atom stereocenters. The third-order valence-electron chi connectivity index (χ3n) is 6.89. The average Bonchev–Trinajstić information content (AvgIpc) is 2.96. The first-order valence-corrected chi connectivity index (χ1v) is 14.7. The van der Waals surface area contributed by atoms with Crippen molar-refractivity contribution in [2.75, 3.05) is 0 Å². The second-order valence-electron chi connectivity index (χ2n) is 11.5. The highest BCUT2D eigenvalue weighted by atomic mass is 16.4. The lowest BCUT2D eigenvalue weighted by Gasteiger charge is -2.28. The number of carboxylic acid groups (broad SMARTS) is 1. The molecule has 18 heteroatoms. The van der Waals surface area contributed by atoms with Gasteiger partial charge in [0, 0.05) is 6.42 Å². The number of nitrogens with two attached hydrogens (primary N) is 2. The zero-order chi connectivity index (χ0) is 36.2. The van der Waals surface area contributed by atoms with Crippen molar-refractivity contribution in [2.24, 2.45) is 17.4 Å². The zero-order valence-corrected chi connectivity index (χ0v) is 26.7. The fourth-order valence-corrected chi connectivity index (χ4v) is 4.15. The van der Waals surface area contributed by atoms with Gasteiger partial charge in [0.1, 0.15) is 36.0 Å². The van der Waals surface area contributed by atoms with E-state index in [0.29, 0.717) is 5.56 Å². The third kappa shape index (κ3) is 13.2. The maximum Gasteiger partial charge on any atom is 0.305 e. The summed E-state index contributed by atoms with van der Waals surface area (Å²) in [5.41, 5.74) is 11.3. The van der Waals surface area contributed by atoms with Gasteiger partial charge in [0.25, 0.3) is 0 Å². The van der Waals surface area contributed by atoms with E-state index in [2.05, 4.69) is 26.6 Å². The summed E-state index contributed by atoms with van der Waals surface area (Å²) in [4.78, 5) is 87.3. The summed E-state index contributed by atoms with van der Waals surface area (Å²) in [5.74, 6) is -7.55. The molecule has 0 bridgehead atoms. The van der Waals surface area contributed by atoms with Crippen molar-refractivity contribution < 1.29 is 54.0 Å². The minimum Gasteiger partial charge on any atom is -0.508 e. The molecule has 0 saturated heterocycles. The van der Waals surface area contributed by atoms with E-state index in [1.54, 1.807) is 13.8 Å². The summed E-state index contributed by atoms with van der Waals surface area (Å²) >= 11 is 0. The van der Waals surface area contributed by atoms with E-state index in [9.17, 15) is 48.9 Å². The van der Waals surface area contributed by atoms with Gasteiger partial charge in [0.15, 0.2) is 0 Å². The van der Waals surface area contributed by atoms with Crippen LogP contribution in [0.5, 0.6) is 5.75 Å². The molecule has 0 aliphatic heterocycles. The molecule has 0 spiro atoms. The molecular weight excluding hydrogens is 622 g/mol. The maximum atomic E-state index is 13.3. The van der Waals surface area contributed by atoms with Crippen LogP contribution in [0.25, 0.3) is 0 Å². The Morgan fingerprint density at radius 3 is 1.64 bits per heavy atom. The predicted octanol–water partition coefficient (Wildman–Crippen LogP) is -3.92. The Hall–Kier alpha value is -4.81. The Kier molecular flexibility index (Phi) is 15.7. The lowest BCUT2D eigenvalue weighted by atomic mass is 10.0. The van der Waals surface area contributed by atoms with Crippen molar-refractivity contribution in [1.82, 2.24) is 26.6 Å². The Labute approximate surface area is 271 Å². The quantitative estimate of drug-likeness (QED) is 0.0715. The van der Waals surface area contributed by atoms with Gasteiger partial charge in [-0.2, -0.15) is 0 Å². The van der Waals surface area contributed by atoms with Crippen molar-refractivity contribution in [3.8, 4) is 5.75 Å². The van der Waals surface area contributed by atoms with Crippen LogP contribution in [0.15, 0.2) is 24.3 Å². The van der Waals surface area contributed by atoms with Crippen LogP contribution in [-0.2, 0) is 40.0 Å². The molecular formula is C29H45N7O11. The molecule has 1 aromatic rings. The molecule has 0 saturated carbocycles. The van der Waals surface area contributed by atoms with Gasteiger partial charge in [0.2, 0.25) is 35.4 Å². The highest BCUT2D eigenvalue weighted by molar-refractivity contribution is 5.97. The number of amides is 6. The second kappa shape index (κ2) is 18.4. The molecule has 0 heterocycles. The van der Waals surface area contributed by atoms with Gasteiger partial charge in [-0.25, -0.2) is 0 Å². The van der Waals surface area contributed by atoms with Crippen LogP contribution in [0.4, 0.5) is 0 Å². The summed E-state index contributed by atoms with van der Waals surface area (Å²) in [5, 5.41) is 50.3. The number of carboxylic acids is 1. The van der Waals surface area contributed by atoms with E-state index in [1.165, 1.54) is 45.0 Å². The Bertz CT molecular complexity index is 1290. The van der Waals surface area contributed by atoms with E-state index >= 15 is 0 Å². The number of carbonyl (C=O) groups excluding carboxylic acids is 6. The van der Waals surface area contributed by atoms with Crippen LogP contribution in [-0.4, -0.2) is 110 Å². The molecule has 18 nitrogen and oxygen atoms in total. The SMILES string of the molecule is CC(C)[C@H](NC(=O)[C@@H](N)CC(=O)O)C(=O)N[C@@H](C)C(=O)N[C@H](C(=O)N[C@@H](Cc1ccc(O)cc1)C(=O)N[C@H](C(N)=O)[C@@H](C)O)[C@@H](C)O. The summed E-state index contributed by atoms with van der Waals surface area (Å²) < 4.78 is 0. The Balaban J connectivity index is 3.10. The predicted molar refractivity (Wildman–Crippen MR) is 165 cm³/mol. The number of rotatable bonds is 18. The molecule has 1 aromatic carbocycles. The van der Waals surface area contributed by atoms with Crippen LogP contribution in [0, 0.1) is 5.92 Å². The van der Waals surface area contributed by atoms with Gasteiger partial charge in [-0.05, 0) is 44.4 Å². The number of phenols is 1. The molecule has 13 N–H and O–H groups in total. The largest absolute Gasteiger partial charge is 0.508 e. The van der Waals surface area contributed by atoms with Crippen molar-refractivity contribution >= 4 is 41.4 Å². The highest BCUT2D eigenvalue weighted by Gasteiger charge is 2.34. The molecule has 1 rings (SSSR count). The van der Waals surface area contributed by atoms with E-state index < -0.39 is 102 Å². The van der Waals surface area contributed by atoms with E-state index in [1.807, 2.05) is 0 Å². The van der Waals surface area contributed by atoms with Crippen LogP contribution in [0.3, 0.4) is 0 Å². The number of aromatic hydroxyl groups is 1. The molecule has 0 aliphatic rings. The summed E-state index contributed by atoms with van der Waals surface area (Å²) in [6, 6.07) is -2.95. The normalized spacial score (nSPS) is 16.2. The van der Waals surface area contributed by atoms with Gasteiger partial charge < -0.3 is 58.5 Å². The molecule has 0 radical (unpaired) electrons. The van der Waals surface area contributed by atoms with Gasteiger partial charge in [0.05, 0.1) is 24.7 Å². The number of hydrogen-bond acceptors (Lipinski definition) is 11. The second-order valence-corrected chi connectivity index (χ2v) is 11.5. The minimum absolute atomic E-state index is 0.0661. The van der Waals surface area contributed by atoms with Gasteiger partial charge >= 0.3 is 5.97 Å². The van der Waals surface area contributed by atoms with Crippen LogP contribution in [0.2, 0.25) is 0 Å². The number of benzene rings is 1. The molecule has 0 fully saturated rings. The van der Waals surface area contributed by atoms with E-state index in [0.717, 1.165) is 0 Å².